The van der Waals surface area contributed by atoms with E-state index in [4.69, 9.17) is 9.66 Å². The maximum atomic E-state index is 11.1. The second-order valence-electron chi connectivity index (χ2n) is 5.41. The van der Waals surface area contributed by atoms with E-state index in [1.165, 1.54) is 0 Å². The number of anilines is 1. The third-order valence-corrected chi connectivity index (χ3v) is 4.48. The summed E-state index contributed by atoms with van der Waals surface area (Å²) < 4.78 is 19.7. The van der Waals surface area contributed by atoms with Crippen LogP contribution in [-0.2, 0) is 28.0 Å². The summed E-state index contributed by atoms with van der Waals surface area (Å²) in [5, 5.41) is 19.9. The van der Waals surface area contributed by atoms with Crippen LogP contribution >= 0.6 is 0 Å². The standard InChI is InChI=1S/C16H15NO5S/c18-16(19)15-8-13-6-5-12(7-14(13)17(15)20)11-3-1-10(2-4-11)9-23(21)22/h1-7,15,20H,8-9H2,(H,18,19)(H,21,22). The molecule has 1 heterocycles. The molecule has 0 aromatic heterocycles. The van der Waals surface area contributed by atoms with Gasteiger partial charge in [-0.15, -0.1) is 0 Å². The molecule has 3 N–H and O–H groups in total. The van der Waals surface area contributed by atoms with Crippen LogP contribution in [0.3, 0.4) is 0 Å². The van der Waals surface area contributed by atoms with E-state index in [0.29, 0.717) is 5.69 Å². The molecule has 23 heavy (non-hydrogen) atoms. The van der Waals surface area contributed by atoms with Gasteiger partial charge in [0.25, 0.3) is 0 Å². The number of nitrogens with zero attached hydrogens (tertiary/aromatic N) is 1. The van der Waals surface area contributed by atoms with Crippen LogP contribution in [0.4, 0.5) is 5.69 Å². The molecule has 0 fully saturated rings. The Morgan fingerprint density at radius 2 is 1.83 bits per heavy atom. The summed E-state index contributed by atoms with van der Waals surface area (Å²) in [6, 6.07) is 11.7. The lowest BCUT2D eigenvalue weighted by Crippen LogP contribution is -2.35. The number of carbonyl (C=O) groups is 1. The lowest BCUT2D eigenvalue weighted by atomic mass is 10.0. The monoisotopic (exact) mass is 333 g/mol. The van der Waals surface area contributed by atoms with Gasteiger partial charge < -0.3 is 9.66 Å². The summed E-state index contributed by atoms with van der Waals surface area (Å²) in [5.74, 6) is -0.985. The topological polar surface area (TPSA) is 98.1 Å². The molecule has 3 rings (SSSR count). The third kappa shape index (κ3) is 3.12. The molecular weight excluding hydrogens is 318 g/mol. The highest BCUT2D eigenvalue weighted by atomic mass is 32.2. The second-order valence-corrected chi connectivity index (χ2v) is 6.34. The average molecular weight is 333 g/mol. The molecular formula is C16H15NO5S. The molecule has 2 aromatic carbocycles. The fourth-order valence-corrected chi connectivity index (χ4v) is 3.20. The summed E-state index contributed by atoms with van der Waals surface area (Å²) >= 11 is -1.88. The molecule has 2 atom stereocenters. The smallest absolute Gasteiger partial charge is 0.329 e. The van der Waals surface area contributed by atoms with Crippen molar-refractivity contribution in [1.82, 2.24) is 0 Å². The quantitative estimate of drug-likeness (QED) is 0.743. The Kier molecular flexibility index (Phi) is 4.16. The van der Waals surface area contributed by atoms with Crippen molar-refractivity contribution in [3.8, 4) is 11.1 Å². The molecule has 0 spiro atoms. The Morgan fingerprint density at radius 1 is 1.17 bits per heavy atom. The highest BCUT2D eigenvalue weighted by molar-refractivity contribution is 7.78. The number of carboxylic acids is 1. The Morgan fingerprint density at radius 3 is 2.43 bits per heavy atom. The highest BCUT2D eigenvalue weighted by Gasteiger charge is 2.33. The SMILES string of the molecule is O=C(O)C1Cc2ccc(-c3ccc(CS(=O)O)cc3)cc2N1O. The van der Waals surface area contributed by atoms with Crippen LogP contribution < -0.4 is 5.06 Å². The first-order valence-electron chi connectivity index (χ1n) is 6.96. The second kappa shape index (κ2) is 6.11. The van der Waals surface area contributed by atoms with Gasteiger partial charge in [-0.05, 0) is 28.3 Å². The summed E-state index contributed by atoms with van der Waals surface area (Å²) in [6.45, 7) is 0. The summed E-state index contributed by atoms with van der Waals surface area (Å²) in [5.41, 5.74) is 3.76. The van der Waals surface area contributed by atoms with Gasteiger partial charge in [0.2, 0.25) is 0 Å². The molecule has 7 heteroatoms. The van der Waals surface area contributed by atoms with E-state index in [0.717, 1.165) is 27.3 Å². The first-order valence-corrected chi connectivity index (χ1v) is 8.24. The number of hydrogen-bond acceptors (Lipinski definition) is 4. The van der Waals surface area contributed by atoms with Gasteiger partial charge in [0.15, 0.2) is 17.1 Å². The normalized spacial score (nSPS) is 17.8. The van der Waals surface area contributed by atoms with Crippen LogP contribution in [0.15, 0.2) is 42.5 Å². The molecule has 1 aliphatic heterocycles. The molecule has 0 amide bonds. The highest BCUT2D eigenvalue weighted by Crippen LogP contribution is 2.34. The number of rotatable bonds is 4. The molecule has 0 saturated carbocycles. The van der Waals surface area contributed by atoms with Gasteiger partial charge in [-0.3, -0.25) is 5.21 Å². The predicted octanol–water partition coefficient (Wildman–Crippen LogP) is 2.28. The average Bonchev–Trinajstić information content (AvgIpc) is 2.84. The summed E-state index contributed by atoms with van der Waals surface area (Å²) in [7, 11) is 0. The van der Waals surface area contributed by atoms with E-state index in [2.05, 4.69) is 0 Å². The Hall–Kier alpha value is -2.22. The zero-order chi connectivity index (χ0) is 16.6. The molecule has 6 nitrogen and oxygen atoms in total. The van der Waals surface area contributed by atoms with Gasteiger partial charge in [0, 0.05) is 6.42 Å². The maximum absolute atomic E-state index is 11.1. The van der Waals surface area contributed by atoms with Crippen LogP contribution in [-0.4, -0.2) is 31.1 Å². The summed E-state index contributed by atoms with van der Waals surface area (Å²) in [4.78, 5) is 11.1. The van der Waals surface area contributed by atoms with E-state index < -0.39 is 23.1 Å². The minimum absolute atomic E-state index is 0.0785. The molecule has 0 radical (unpaired) electrons. The van der Waals surface area contributed by atoms with Gasteiger partial charge >= 0.3 is 5.97 Å². The number of hydroxylamine groups is 1. The predicted molar refractivity (Wildman–Crippen MR) is 85.7 cm³/mol. The van der Waals surface area contributed by atoms with Gasteiger partial charge in [-0.1, -0.05) is 36.4 Å². The fraction of sp³-hybridized carbons (Fsp3) is 0.188. The lowest BCUT2D eigenvalue weighted by molar-refractivity contribution is -0.139. The number of carboxylic acid groups (broad SMARTS) is 1. The minimum atomic E-state index is -1.88. The maximum Gasteiger partial charge on any atom is 0.329 e. The fourth-order valence-electron chi connectivity index (χ4n) is 2.72. The first kappa shape index (κ1) is 15.7. The van der Waals surface area contributed by atoms with Crippen LogP contribution in [0.25, 0.3) is 11.1 Å². The van der Waals surface area contributed by atoms with E-state index >= 15 is 0 Å². The van der Waals surface area contributed by atoms with Crippen molar-refractivity contribution >= 4 is 22.7 Å². The van der Waals surface area contributed by atoms with Gasteiger partial charge in [-0.25, -0.2) is 14.1 Å². The van der Waals surface area contributed by atoms with E-state index in [1.807, 2.05) is 24.3 Å². The number of aliphatic carboxylic acids is 1. The van der Waals surface area contributed by atoms with E-state index in [-0.39, 0.29) is 12.2 Å². The Labute approximate surface area is 135 Å². The molecule has 0 saturated heterocycles. The molecule has 0 aliphatic carbocycles. The number of fused-ring (bicyclic) bond motifs is 1. The largest absolute Gasteiger partial charge is 0.480 e. The van der Waals surface area contributed by atoms with Crippen molar-refractivity contribution in [2.24, 2.45) is 0 Å². The van der Waals surface area contributed by atoms with Crippen molar-refractivity contribution < 1.29 is 23.9 Å². The van der Waals surface area contributed by atoms with Crippen LogP contribution in [0, 0.1) is 0 Å². The third-order valence-electron chi connectivity index (χ3n) is 3.90. The van der Waals surface area contributed by atoms with E-state index in [9.17, 15) is 14.2 Å². The number of benzene rings is 2. The van der Waals surface area contributed by atoms with Crippen molar-refractivity contribution in [2.45, 2.75) is 18.2 Å². The van der Waals surface area contributed by atoms with Crippen molar-refractivity contribution in [3.63, 3.8) is 0 Å². The first-order chi connectivity index (χ1) is 11.0. The van der Waals surface area contributed by atoms with Gasteiger partial charge in [0.1, 0.15) is 0 Å². The van der Waals surface area contributed by atoms with Crippen LogP contribution in [0.2, 0.25) is 0 Å². The molecule has 120 valence electrons. The summed E-state index contributed by atoms with van der Waals surface area (Å²) in [6.07, 6.45) is 0.267. The van der Waals surface area contributed by atoms with Crippen molar-refractivity contribution in [3.05, 3.63) is 53.6 Å². The zero-order valence-corrected chi connectivity index (χ0v) is 12.9. The van der Waals surface area contributed by atoms with Crippen molar-refractivity contribution in [1.29, 1.82) is 0 Å². The molecule has 2 unspecified atom stereocenters. The van der Waals surface area contributed by atoms with Crippen LogP contribution in [0.1, 0.15) is 11.1 Å². The van der Waals surface area contributed by atoms with Gasteiger partial charge in [-0.2, -0.15) is 0 Å². The zero-order valence-electron chi connectivity index (χ0n) is 12.0. The van der Waals surface area contributed by atoms with Crippen LogP contribution in [0.5, 0.6) is 0 Å². The van der Waals surface area contributed by atoms with Crippen molar-refractivity contribution in [2.75, 3.05) is 5.06 Å². The lowest BCUT2D eigenvalue weighted by Gasteiger charge is -2.16. The molecule has 0 bridgehead atoms. The van der Waals surface area contributed by atoms with Gasteiger partial charge in [0.05, 0.1) is 11.4 Å². The Balaban J connectivity index is 1.89. The van der Waals surface area contributed by atoms with E-state index in [1.54, 1.807) is 18.2 Å². The Bertz CT molecular complexity index is 775. The number of hydrogen-bond donors (Lipinski definition) is 3. The molecule has 2 aromatic rings. The molecule has 1 aliphatic rings. The minimum Gasteiger partial charge on any atom is -0.480 e.